The van der Waals surface area contributed by atoms with E-state index in [1.807, 2.05) is 42.6 Å². The van der Waals surface area contributed by atoms with Gasteiger partial charge in [0.2, 0.25) is 0 Å². The number of halogens is 1. The van der Waals surface area contributed by atoms with Crippen molar-refractivity contribution in [2.75, 3.05) is 0 Å². The first-order valence-corrected chi connectivity index (χ1v) is 13.8. The number of pyridine rings is 2. The molecule has 8 rings (SSSR count). The van der Waals surface area contributed by atoms with Crippen LogP contribution < -0.4 is 0 Å². The van der Waals surface area contributed by atoms with Crippen LogP contribution in [0, 0.1) is 3.70 Å². The van der Waals surface area contributed by atoms with Crippen molar-refractivity contribution in [3.05, 3.63) is 150 Å². The lowest BCUT2D eigenvalue weighted by Gasteiger charge is -2.05. The molecule has 1 N–H and O–H groups in total. The van der Waals surface area contributed by atoms with Gasteiger partial charge < -0.3 is 4.98 Å². The highest BCUT2D eigenvalue weighted by Crippen LogP contribution is 2.30. The van der Waals surface area contributed by atoms with Gasteiger partial charge in [-0.3, -0.25) is 9.55 Å². The van der Waals surface area contributed by atoms with Crippen LogP contribution in [0.5, 0.6) is 0 Å². The van der Waals surface area contributed by atoms with Gasteiger partial charge in [0.25, 0.3) is 0 Å². The molecular weight excluding hydrogens is 591 g/mol. The molecule has 0 radical (unpaired) electrons. The lowest BCUT2D eigenvalue weighted by atomic mass is 10.2. The highest BCUT2D eigenvalue weighted by molar-refractivity contribution is 14.1. The zero-order valence-corrected chi connectivity index (χ0v) is 23.2. The number of aromatic nitrogens is 4. The number of fused-ring (bicyclic) bond motifs is 6. The van der Waals surface area contributed by atoms with E-state index < -0.39 is 0 Å². The van der Waals surface area contributed by atoms with Gasteiger partial charge in [-0.1, -0.05) is 84.9 Å². The second kappa shape index (κ2) is 11.5. The van der Waals surface area contributed by atoms with Crippen molar-refractivity contribution in [3.63, 3.8) is 0 Å². The van der Waals surface area contributed by atoms with E-state index in [1.54, 1.807) is 6.20 Å². The Labute approximate surface area is 240 Å². The number of hydrogen-bond acceptors (Lipinski definition) is 2. The summed E-state index contributed by atoms with van der Waals surface area (Å²) in [5.41, 5.74) is 4.82. The predicted octanol–water partition coefficient (Wildman–Crippen LogP) is 9.19. The maximum absolute atomic E-state index is 4.48. The van der Waals surface area contributed by atoms with Crippen molar-refractivity contribution < 1.29 is 0 Å². The van der Waals surface area contributed by atoms with E-state index in [2.05, 4.69) is 139 Å². The summed E-state index contributed by atoms with van der Waals surface area (Å²) >= 11 is 2.17. The van der Waals surface area contributed by atoms with Gasteiger partial charge >= 0.3 is 0 Å². The van der Waals surface area contributed by atoms with Crippen molar-refractivity contribution in [1.29, 1.82) is 0 Å². The van der Waals surface area contributed by atoms with E-state index in [4.69, 9.17) is 0 Å². The third kappa shape index (κ3) is 5.26. The second-order valence-corrected chi connectivity index (χ2v) is 10.0. The van der Waals surface area contributed by atoms with Gasteiger partial charge in [0.05, 0.1) is 11.0 Å². The summed E-state index contributed by atoms with van der Waals surface area (Å²) in [6, 6.07) is 45.5. The summed E-state index contributed by atoms with van der Waals surface area (Å²) in [5.74, 6) is 0.958. The fourth-order valence-electron chi connectivity index (χ4n) is 4.80. The van der Waals surface area contributed by atoms with Crippen molar-refractivity contribution >= 4 is 66.2 Å². The summed E-state index contributed by atoms with van der Waals surface area (Å²) in [6.07, 6.45) is 3.61. The van der Waals surface area contributed by atoms with Gasteiger partial charge in [-0.25, -0.2) is 4.98 Å². The molecule has 39 heavy (non-hydrogen) atoms. The van der Waals surface area contributed by atoms with Gasteiger partial charge in [0.1, 0.15) is 9.52 Å². The number of benzene rings is 4. The molecule has 0 aliphatic rings. The molecule has 8 aromatic rings. The maximum Gasteiger partial charge on any atom is 0.137 e. The first-order valence-electron chi connectivity index (χ1n) is 12.7. The molecule has 188 valence electrons. The fourth-order valence-corrected chi connectivity index (χ4v) is 5.16. The quantitative estimate of drug-likeness (QED) is 0.148. The monoisotopic (exact) mass is 616 g/mol. The SMILES string of the molecule is Ic1ccccn1.c1ccc(-n2c3ccccc3c3ccccc32)nc1.c1ccc2c(c1)[nH]c1ccccc12. The fraction of sp³-hybridized carbons (Fsp3) is 0. The highest BCUT2D eigenvalue weighted by atomic mass is 127. The normalized spacial score (nSPS) is 10.7. The van der Waals surface area contributed by atoms with Gasteiger partial charge in [0, 0.05) is 45.0 Å². The highest BCUT2D eigenvalue weighted by Gasteiger charge is 2.11. The third-order valence-corrected chi connectivity index (χ3v) is 7.14. The molecule has 4 aromatic carbocycles. The molecule has 0 saturated carbocycles. The molecule has 0 spiro atoms. The third-order valence-electron chi connectivity index (χ3n) is 6.50. The molecule has 4 nitrogen and oxygen atoms in total. The van der Waals surface area contributed by atoms with E-state index in [0.29, 0.717) is 0 Å². The maximum atomic E-state index is 4.48. The number of para-hydroxylation sites is 4. The number of nitrogens with zero attached hydrogens (tertiary/aromatic N) is 3. The number of H-pyrrole nitrogens is 1. The van der Waals surface area contributed by atoms with Crippen LogP contribution in [-0.4, -0.2) is 19.5 Å². The Morgan fingerprint density at radius 2 is 0.923 bits per heavy atom. The van der Waals surface area contributed by atoms with Crippen molar-refractivity contribution in [3.8, 4) is 5.82 Å². The van der Waals surface area contributed by atoms with Crippen molar-refractivity contribution in [1.82, 2.24) is 19.5 Å². The first-order chi connectivity index (χ1) is 19.3. The number of hydrogen-bond donors (Lipinski definition) is 1. The Hall–Kier alpha value is -4.49. The predicted molar refractivity (Wildman–Crippen MR) is 171 cm³/mol. The van der Waals surface area contributed by atoms with Gasteiger partial charge in [-0.15, -0.1) is 0 Å². The molecule has 0 unspecified atom stereocenters. The lowest BCUT2D eigenvalue weighted by Crippen LogP contribution is -1.95. The summed E-state index contributed by atoms with van der Waals surface area (Å²) in [6.45, 7) is 0. The van der Waals surface area contributed by atoms with E-state index in [-0.39, 0.29) is 0 Å². The Morgan fingerprint density at radius 3 is 1.38 bits per heavy atom. The molecule has 0 aliphatic heterocycles. The first kappa shape index (κ1) is 24.8. The van der Waals surface area contributed by atoms with Crippen LogP contribution in [0.3, 0.4) is 0 Å². The minimum Gasteiger partial charge on any atom is -0.355 e. The molecule has 0 atom stereocenters. The minimum absolute atomic E-state index is 0.958. The topological polar surface area (TPSA) is 46.5 Å². The van der Waals surface area contributed by atoms with Crippen LogP contribution in [0.2, 0.25) is 0 Å². The Morgan fingerprint density at radius 1 is 0.462 bits per heavy atom. The molecule has 0 bridgehead atoms. The van der Waals surface area contributed by atoms with Crippen LogP contribution in [0.15, 0.2) is 146 Å². The lowest BCUT2D eigenvalue weighted by molar-refractivity contribution is 1.08. The molecule has 4 aromatic heterocycles. The standard InChI is InChI=1S/C17H12N2.C12H9N.C5H4IN/c1-3-9-15-13(7-1)14-8-2-4-10-16(14)19(15)17-11-5-6-12-18-17;1-3-7-11-9(5-1)10-6-2-4-8-12(10)13-11;6-5-3-1-2-4-7-5/h1-12H;1-8,13H;1-4H. The Bertz CT molecular complexity index is 1870. The molecule has 0 saturated heterocycles. The van der Waals surface area contributed by atoms with Crippen molar-refractivity contribution in [2.24, 2.45) is 0 Å². The van der Waals surface area contributed by atoms with Crippen molar-refractivity contribution in [2.45, 2.75) is 0 Å². The molecular formula is C34H25IN4. The zero-order valence-electron chi connectivity index (χ0n) is 21.1. The Balaban J connectivity index is 0.000000119. The molecule has 0 aliphatic carbocycles. The molecule has 0 fully saturated rings. The summed E-state index contributed by atoms with van der Waals surface area (Å²) in [5, 5.41) is 5.14. The van der Waals surface area contributed by atoms with Crippen LogP contribution in [0.4, 0.5) is 0 Å². The van der Waals surface area contributed by atoms with Crippen LogP contribution in [0.25, 0.3) is 49.4 Å². The van der Waals surface area contributed by atoms with E-state index in [0.717, 1.165) is 9.52 Å². The van der Waals surface area contributed by atoms with Crippen LogP contribution in [0.1, 0.15) is 0 Å². The largest absolute Gasteiger partial charge is 0.355 e. The second-order valence-electron chi connectivity index (χ2n) is 8.93. The van der Waals surface area contributed by atoms with Gasteiger partial charge in [-0.05, 0) is 71.1 Å². The van der Waals surface area contributed by atoms with E-state index >= 15 is 0 Å². The molecule has 5 heteroatoms. The number of aromatic amines is 1. The summed E-state index contributed by atoms with van der Waals surface area (Å²) in [7, 11) is 0. The number of nitrogens with one attached hydrogen (secondary N) is 1. The Kier molecular flexibility index (Phi) is 7.32. The minimum atomic E-state index is 0.958. The molecule has 0 amide bonds. The van der Waals surface area contributed by atoms with E-state index in [9.17, 15) is 0 Å². The van der Waals surface area contributed by atoms with E-state index in [1.165, 1.54) is 43.6 Å². The smallest absolute Gasteiger partial charge is 0.137 e. The van der Waals surface area contributed by atoms with Crippen LogP contribution >= 0.6 is 22.6 Å². The van der Waals surface area contributed by atoms with Gasteiger partial charge in [0.15, 0.2) is 0 Å². The average Bonchev–Trinajstić information content (AvgIpc) is 3.55. The zero-order chi connectivity index (χ0) is 26.4. The van der Waals surface area contributed by atoms with Gasteiger partial charge in [-0.2, -0.15) is 0 Å². The summed E-state index contributed by atoms with van der Waals surface area (Å²) < 4.78 is 3.25. The summed E-state index contributed by atoms with van der Waals surface area (Å²) in [4.78, 5) is 11.8. The number of rotatable bonds is 1. The van der Waals surface area contributed by atoms with Crippen LogP contribution in [-0.2, 0) is 0 Å². The average molecular weight is 617 g/mol. The molecule has 4 heterocycles.